The summed E-state index contributed by atoms with van der Waals surface area (Å²) in [5.74, 6) is 0.753. The minimum Gasteiger partial charge on any atom is -0.337 e. The molecule has 0 aliphatic heterocycles. The first-order valence-electron chi connectivity index (χ1n) is 6.27. The quantitative estimate of drug-likeness (QED) is 0.766. The van der Waals surface area contributed by atoms with Crippen LogP contribution in [0.15, 0.2) is 29.2 Å². The van der Waals surface area contributed by atoms with Gasteiger partial charge in [0.1, 0.15) is 0 Å². The van der Waals surface area contributed by atoms with Crippen molar-refractivity contribution < 1.29 is 4.79 Å². The second kappa shape index (κ2) is 5.98. The van der Waals surface area contributed by atoms with Crippen LogP contribution in [-0.4, -0.2) is 28.6 Å². The normalized spacial score (nSPS) is 14.9. The molecule has 2 nitrogen and oxygen atoms in total. The third kappa shape index (κ3) is 3.66. The van der Waals surface area contributed by atoms with Crippen molar-refractivity contribution >= 4 is 29.3 Å². The third-order valence-corrected chi connectivity index (χ3v) is 4.21. The van der Waals surface area contributed by atoms with Crippen molar-refractivity contribution in [3.8, 4) is 0 Å². The highest BCUT2D eigenvalue weighted by Gasteiger charge is 2.33. The summed E-state index contributed by atoms with van der Waals surface area (Å²) in [6.45, 7) is 4.17. The lowest BCUT2D eigenvalue weighted by atomic mass is 10.3. The maximum atomic E-state index is 12.2. The van der Waals surface area contributed by atoms with Crippen LogP contribution in [0, 0.1) is 0 Å². The number of hydrogen-bond acceptors (Lipinski definition) is 2. The number of carbonyl (C=O) groups excluding carboxylic acids is 1. The number of thioether (sulfide) groups is 1. The van der Waals surface area contributed by atoms with Crippen LogP contribution in [0.5, 0.6) is 0 Å². The Hall–Kier alpha value is -0.670. The maximum absolute atomic E-state index is 12.2. The highest BCUT2D eigenvalue weighted by atomic mass is 35.5. The summed E-state index contributed by atoms with van der Waals surface area (Å²) in [7, 11) is 0. The molecule has 1 fully saturated rings. The smallest absolute Gasteiger partial charge is 0.233 e. The van der Waals surface area contributed by atoms with Gasteiger partial charge in [-0.3, -0.25) is 4.79 Å². The number of hydrogen-bond donors (Lipinski definition) is 0. The molecule has 0 radical (unpaired) electrons. The van der Waals surface area contributed by atoms with Crippen molar-refractivity contribution in [2.24, 2.45) is 0 Å². The van der Waals surface area contributed by atoms with Crippen molar-refractivity contribution in [2.45, 2.75) is 43.7 Å². The van der Waals surface area contributed by atoms with Gasteiger partial charge in [-0.1, -0.05) is 11.6 Å². The average Bonchev–Trinajstić information content (AvgIpc) is 3.12. The predicted molar refractivity (Wildman–Crippen MR) is 77.2 cm³/mol. The molecule has 1 aromatic rings. The van der Waals surface area contributed by atoms with Gasteiger partial charge in [-0.15, -0.1) is 11.8 Å². The molecule has 0 unspecified atom stereocenters. The maximum Gasteiger partial charge on any atom is 0.233 e. The molecule has 0 heterocycles. The highest BCUT2D eigenvalue weighted by molar-refractivity contribution is 8.00. The zero-order valence-electron chi connectivity index (χ0n) is 10.7. The third-order valence-electron chi connectivity index (χ3n) is 2.96. The molecular weight excluding hydrogens is 266 g/mol. The summed E-state index contributed by atoms with van der Waals surface area (Å²) in [4.78, 5) is 15.3. The van der Waals surface area contributed by atoms with E-state index in [2.05, 4.69) is 13.8 Å². The molecule has 1 aliphatic carbocycles. The zero-order chi connectivity index (χ0) is 13.1. The first-order valence-corrected chi connectivity index (χ1v) is 7.64. The molecule has 0 bridgehead atoms. The summed E-state index contributed by atoms with van der Waals surface area (Å²) in [6.07, 6.45) is 2.32. The molecule has 1 saturated carbocycles. The Morgan fingerprint density at radius 2 is 2.00 bits per heavy atom. The Morgan fingerprint density at radius 3 is 2.50 bits per heavy atom. The van der Waals surface area contributed by atoms with E-state index in [1.54, 1.807) is 11.8 Å². The van der Waals surface area contributed by atoms with Crippen molar-refractivity contribution in [1.82, 2.24) is 4.90 Å². The lowest BCUT2D eigenvalue weighted by Gasteiger charge is -2.26. The Morgan fingerprint density at radius 1 is 1.39 bits per heavy atom. The second-order valence-corrected chi connectivity index (χ2v) is 6.35. The van der Waals surface area contributed by atoms with E-state index < -0.39 is 0 Å². The van der Waals surface area contributed by atoms with Crippen molar-refractivity contribution in [1.29, 1.82) is 0 Å². The largest absolute Gasteiger partial charge is 0.337 e. The van der Waals surface area contributed by atoms with Gasteiger partial charge in [0, 0.05) is 22.0 Å². The van der Waals surface area contributed by atoms with Crippen LogP contribution in [0.3, 0.4) is 0 Å². The first kappa shape index (κ1) is 13.8. The van der Waals surface area contributed by atoms with Gasteiger partial charge in [0.2, 0.25) is 5.91 Å². The molecular formula is C14H18ClNOS. The van der Waals surface area contributed by atoms with E-state index in [0.717, 1.165) is 22.8 Å². The predicted octanol–water partition coefficient (Wildman–Crippen LogP) is 3.83. The molecule has 1 aliphatic rings. The number of benzene rings is 1. The van der Waals surface area contributed by atoms with E-state index in [-0.39, 0.29) is 5.91 Å². The SMILES string of the molecule is CC(C)N(C(=O)CSc1ccc(Cl)cc1)C1CC1. The molecule has 18 heavy (non-hydrogen) atoms. The van der Waals surface area contributed by atoms with Crippen LogP contribution in [0.4, 0.5) is 0 Å². The summed E-state index contributed by atoms with van der Waals surface area (Å²) in [5.41, 5.74) is 0. The fourth-order valence-electron chi connectivity index (χ4n) is 2.02. The van der Waals surface area contributed by atoms with Gasteiger partial charge in [0.25, 0.3) is 0 Å². The molecule has 0 saturated heterocycles. The molecule has 98 valence electrons. The standard InChI is InChI=1S/C14H18ClNOS/c1-10(2)16(12-5-6-12)14(17)9-18-13-7-3-11(15)4-8-13/h3-4,7-8,10,12H,5-6,9H2,1-2H3. The number of carbonyl (C=O) groups is 1. The highest BCUT2D eigenvalue weighted by Crippen LogP contribution is 2.30. The lowest BCUT2D eigenvalue weighted by Crippen LogP contribution is -2.39. The van der Waals surface area contributed by atoms with Gasteiger partial charge in [-0.05, 0) is 51.0 Å². The Balaban J connectivity index is 1.88. The van der Waals surface area contributed by atoms with Crippen molar-refractivity contribution in [3.05, 3.63) is 29.3 Å². The Bertz CT molecular complexity index is 412. The van der Waals surface area contributed by atoms with Gasteiger partial charge >= 0.3 is 0 Å². The van der Waals surface area contributed by atoms with Crippen LogP contribution in [-0.2, 0) is 4.79 Å². The van der Waals surface area contributed by atoms with Crippen LogP contribution in [0.2, 0.25) is 5.02 Å². The van der Waals surface area contributed by atoms with Crippen LogP contribution in [0.25, 0.3) is 0 Å². The molecule has 1 amide bonds. The number of amides is 1. The molecule has 0 aromatic heterocycles. The van der Waals surface area contributed by atoms with Gasteiger partial charge in [-0.2, -0.15) is 0 Å². The van der Waals surface area contributed by atoms with E-state index in [9.17, 15) is 4.79 Å². The molecule has 2 rings (SSSR count). The summed E-state index contributed by atoms with van der Waals surface area (Å²) < 4.78 is 0. The van der Waals surface area contributed by atoms with Crippen LogP contribution in [0.1, 0.15) is 26.7 Å². The Labute approximate surface area is 118 Å². The van der Waals surface area contributed by atoms with E-state index >= 15 is 0 Å². The number of nitrogens with zero attached hydrogens (tertiary/aromatic N) is 1. The first-order chi connectivity index (χ1) is 8.58. The van der Waals surface area contributed by atoms with Gasteiger partial charge in [0.05, 0.1) is 5.75 Å². The van der Waals surface area contributed by atoms with Crippen LogP contribution >= 0.6 is 23.4 Å². The molecule has 0 N–H and O–H groups in total. The summed E-state index contributed by atoms with van der Waals surface area (Å²) >= 11 is 7.41. The average molecular weight is 284 g/mol. The molecule has 1 aromatic carbocycles. The van der Waals surface area contributed by atoms with E-state index in [0.29, 0.717) is 17.8 Å². The summed E-state index contributed by atoms with van der Waals surface area (Å²) in [6, 6.07) is 8.42. The molecule has 0 atom stereocenters. The molecule has 0 spiro atoms. The second-order valence-electron chi connectivity index (χ2n) is 4.87. The lowest BCUT2D eigenvalue weighted by molar-refractivity contribution is -0.130. The molecule has 4 heteroatoms. The van der Waals surface area contributed by atoms with E-state index in [1.165, 1.54) is 0 Å². The van der Waals surface area contributed by atoms with E-state index in [4.69, 9.17) is 11.6 Å². The minimum absolute atomic E-state index is 0.243. The van der Waals surface area contributed by atoms with Gasteiger partial charge < -0.3 is 4.90 Å². The van der Waals surface area contributed by atoms with Gasteiger partial charge in [-0.25, -0.2) is 0 Å². The van der Waals surface area contributed by atoms with Gasteiger partial charge in [0.15, 0.2) is 0 Å². The van der Waals surface area contributed by atoms with Crippen molar-refractivity contribution in [2.75, 3.05) is 5.75 Å². The van der Waals surface area contributed by atoms with Crippen LogP contribution < -0.4 is 0 Å². The zero-order valence-corrected chi connectivity index (χ0v) is 12.3. The monoisotopic (exact) mass is 283 g/mol. The fraction of sp³-hybridized carbons (Fsp3) is 0.500. The summed E-state index contributed by atoms with van der Waals surface area (Å²) in [5, 5.41) is 0.729. The number of rotatable bonds is 5. The minimum atomic E-state index is 0.243. The topological polar surface area (TPSA) is 20.3 Å². The fourth-order valence-corrected chi connectivity index (χ4v) is 2.91. The number of halogens is 1. The van der Waals surface area contributed by atoms with Crippen molar-refractivity contribution in [3.63, 3.8) is 0 Å². The Kier molecular flexibility index (Phi) is 4.57. The van der Waals surface area contributed by atoms with E-state index in [1.807, 2.05) is 29.2 Å².